The monoisotopic (exact) mass is 468 g/mol. The summed E-state index contributed by atoms with van der Waals surface area (Å²) >= 11 is 0. The molecule has 5 nitrogen and oxygen atoms in total. The molecule has 170 valence electrons. The van der Waals surface area contributed by atoms with E-state index in [1.54, 1.807) is 12.1 Å². The lowest BCUT2D eigenvalue weighted by atomic mass is 9.98. The van der Waals surface area contributed by atoms with Crippen molar-refractivity contribution in [1.29, 1.82) is 0 Å². The van der Waals surface area contributed by atoms with Crippen LogP contribution in [0, 0.1) is 11.7 Å². The Balaban J connectivity index is 0.00000240. The van der Waals surface area contributed by atoms with E-state index >= 15 is 0 Å². The number of H-pyrrole nitrogens is 1. The molecule has 0 aliphatic rings. The Kier molecular flexibility index (Phi) is 10.5. The van der Waals surface area contributed by atoms with Gasteiger partial charge in [0.2, 0.25) is 0 Å². The summed E-state index contributed by atoms with van der Waals surface area (Å²) in [6, 6.07) is 14.0. The highest BCUT2D eigenvalue weighted by Crippen LogP contribution is 2.25. The van der Waals surface area contributed by atoms with E-state index in [-0.39, 0.29) is 48.6 Å². The molecule has 3 rings (SSSR count). The smallest absolute Gasteiger partial charge is 0.267 e. The summed E-state index contributed by atoms with van der Waals surface area (Å²) in [6.07, 6.45) is 1.61. The normalized spacial score (nSPS) is 12.7. The molecule has 2 atom stereocenters. The summed E-state index contributed by atoms with van der Waals surface area (Å²) in [7, 11) is 0. The highest BCUT2D eigenvalue weighted by atomic mass is 35.5. The number of amides is 1. The Morgan fingerprint density at radius 3 is 2.29 bits per heavy atom. The fraction of sp³-hybridized carbons (Fsp3) is 0.348. The van der Waals surface area contributed by atoms with Crippen LogP contribution in [0.2, 0.25) is 0 Å². The topological polar surface area (TPSA) is 96.9 Å². The zero-order chi connectivity index (χ0) is 21.0. The second-order valence-corrected chi connectivity index (χ2v) is 7.95. The third-order valence-corrected chi connectivity index (χ3v) is 5.30. The van der Waals surface area contributed by atoms with Gasteiger partial charge in [-0.1, -0.05) is 38.1 Å². The van der Waals surface area contributed by atoms with E-state index in [0.29, 0.717) is 18.2 Å². The van der Waals surface area contributed by atoms with Crippen LogP contribution >= 0.6 is 24.8 Å². The Morgan fingerprint density at radius 1 is 1.00 bits per heavy atom. The van der Waals surface area contributed by atoms with Crippen molar-refractivity contribution in [2.45, 2.75) is 38.8 Å². The quantitative estimate of drug-likeness (QED) is 0.387. The first-order valence-electron chi connectivity index (χ1n) is 10.0. The second-order valence-electron chi connectivity index (χ2n) is 7.95. The molecule has 1 heterocycles. The standard InChI is InChI=1S/C23H29FN4O.2ClH/c1-14(2)20(26)10-9-19(25)13-27-23(29)22-12-17-4-3-16(11-21(17)28-22)15-5-7-18(24)8-6-15;;/h3-8,11-12,14,19-20,28H,9-10,13,25-26H2,1-2H3,(H,27,29);2*1H/t19-,20?;;/m0../s1. The first-order chi connectivity index (χ1) is 13.8. The maximum Gasteiger partial charge on any atom is 0.267 e. The summed E-state index contributed by atoms with van der Waals surface area (Å²) in [6.45, 7) is 4.59. The average molecular weight is 469 g/mol. The molecular weight excluding hydrogens is 438 g/mol. The third kappa shape index (κ3) is 7.21. The molecule has 1 unspecified atom stereocenters. The van der Waals surface area contributed by atoms with E-state index in [4.69, 9.17) is 11.5 Å². The molecule has 0 fully saturated rings. The van der Waals surface area contributed by atoms with Gasteiger partial charge in [0.1, 0.15) is 11.5 Å². The lowest BCUT2D eigenvalue weighted by molar-refractivity contribution is 0.0946. The van der Waals surface area contributed by atoms with Gasteiger partial charge >= 0.3 is 0 Å². The van der Waals surface area contributed by atoms with Crippen molar-refractivity contribution in [2.75, 3.05) is 6.54 Å². The van der Waals surface area contributed by atoms with Gasteiger partial charge in [-0.25, -0.2) is 4.39 Å². The van der Waals surface area contributed by atoms with E-state index in [1.165, 1.54) is 12.1 Å². The van der Waals surface area contributed by atoms with Gasteiger partial charge < -0.3 is 21.8 Å². The van der Waals surface area contributed by atoms with Gasteiger partial charge in [-0.05, 0) is 54.2 Å². The molecule has 2 aromatic carbocycles. The maximum atomic E-state index is 13.1. The number of nitrogens with two attached hydrogens (primary N) is 2. The summed E-state index contributed by atoms with van der Waals surface area (Å²) in [5.74, 6) is -0.0332. The molecule has 8 heteroatoms. The number of rotatable bonds is 8. The minimum absolute atomic E-state index is 0. The van der Waals surface area contributed by atoms with Crippen LogP contribution in [0.25, 0.3) is 22.0 Å². The number of fused-ring (bicyclic) bond motifs is 1. The lowest BCUT2D eigenvalue weighted by Gasteiger charge is -2.18. The number of aromatic amines is 1. The number of benzene rings is 2. The molecule has 6 N–H and O–H groups in total. The molecule has 0 aliphatic heterocycles. The van der Waals surface area contributed by atoms with Crippen molar-refractivity contribution in [2.24, 2.45) is 17.4 Å². The first kappa shape index (κ1) is 26.9. The number of carbonyl (C=O) groups excluding carboxylic acids is 1. The molecule has 0 bridgehead atoms. The predicted molar refractivity (Wildman–Crippen MR) is 131 cm³/mol. The van der Waals surface area contributed by atoms with Crippen LogP contribution in [0.1, 0.15) is 37.2 Å². The Labute approximate surface area is 195 Å². The number of hydrogen-bond acceptors (Lipinski definition) is 3. The van der Waals surface area contributed by atoms with Crippen LogP contribution in [-0.4, -0.2) is 29.5 Å². The summed E-state index contributed by atoms with van der Waals surface area (Å²) in [4.78, 5) is 15.7. The minimum Gasteiger partial charge on any atom is -0.351 e. The van der Waals surface area contributed by atoms with Crippen LogP contribution in [0.4, 0.5) is 4.39 Å². The van der Waals surface area contributed by atoms with Crippen LogP contribution < -0.4 is 16.8 Å². The van der Waals surface area contributed by atoms with E-state index in [0.717, 1.165) is 34.9 Å². The number of nitrogens with one attached hydrogen (secondary N) is 2. The molecule has 0 spiro atoms. The Morgan fingerprint density at radius 2 is 1.65 bits per heavy atom. The highest BCUT2D eigenvalue weighted by Gasteiger charge is 2.14. The average Bonchev–Trinajstić information content (AvgIpc) is 3.14. The van der Waals surface area contributed by atoms with Crippen molar-refractivity contribution in [3.05, 3.63) is 60.0 Å². The molecule has 0 saturated heterocycles. The van der Waals surface area contributed by atoms with Gasteiger partial charge in [0.05, 0.1) is 0 Å². The lowest BCUT2D eigenvalue weighted by Crippen LogP contribution is -2.39. The van der Waals surface area contributed by atoms with Crippen LogP contribution in [0.15, 0.2) is 48.5 Å². The van der Waals surface area contributed by atoms with Gasteiger partial charge in [-0.3, -0.25) is 4.79 Å². The molecule has 0 radical (unpaired) electrons. The largest absolute Gasteiger partial charge is 0.351 e. The molecular formula is C23H31Cl2FN4O. The number of halogens is 3. The SMILES string of the molecule is CC(C)C(N)CC[C@H](N)CNC(=O)c1cc2ccc(-c3ccc(F)cc3)cc2[nH]1.Cl.Cl. The van der Waals surface area contributed by atoms with Crippen molar-refractivity contribution in [1.82, 2.24) is 10.3 Å². The van der Waals surface area contributed by atoms with Crippen LogP contribution in [0.3, 0.4) is 0 Å². The summed E-state index contributed by atoms with van der Waals surface area (Å²) in [5.41, 5.74) is 15.4. The van der Waals surface area contributed by atoms with Crippen LogP contribution in [-0.2, 0) is 0 Å². The fourth-order valence-corrected chi connectivity index (χ4v) is 3.23. The van der Waals surface area contributed by atoms with Gasteiger partial charge in [0, 0.05) is 29.5 Å². The molecule has 31 heavy (non-hydrogen) atoms. The molecule has 1 aromatic heterocycles. The number of carbonyl (C=O) groups is 1. The van der Waals surface area contributed by atoms with Gasteiger partial charge in [-0.15, -0.1) is 24.8 Å². The van der Waals surface area contributed by atoms with Crippen molar-refractivity contribution >= 4 is 41.6 Å². The molecule has 3 aromatic rings. The van der Waals surface area contributed by atoms with Gasteiger partial charge in [0.25, 0.3) is 5.91 Å². The minimum atomic E-state index is -0.266. The second kappa shape index (κ2) is 12.1. The zero-order valence-corrected chi connectivity index (χ0v) is 19.4. The highest BCUT2D eigenvalue weighted by molar-refractivity contribution is 5.98. The van der Waals surface area contributed by atoms with E-state index in [1.807, 2.05) is 24.3 Å². The van der Waals surface area contributed by atoms with E-state index < -0.39 is 0 Å². The summed E-state index contributed by atoms with van der Waals surface area (Å²) < 4.78 is 13.1. The van der Waals surface area contributed by atoms with Crippen molar-refractivity contribution < 1.29 is 9.18 Å². The molecule has 0 saturated carbocycles. The zero-order valence-electron chi connectivity index (χ0n) is 17.7. The molecule has 1 amide bonds. The number of aromatic nitrogens is 1. The van der Waals surface area contributed by atoms with Gasteiger partial charge in [0.15, 0.2) is 0 Å². The molecule has 0 aliphatic carbocycles. The predicted octanol–water partition coefficient (Wildman–Crippen LogP) is 4.64. The Bertz CT molecular complexity index is 975. The third-order valence-electron chi connectivity index (χ3n) is 5.30. The van der Waals surface area contributed by atoms with Gasteiger partial charge in [-0.2, -0.15) is 0 Å². The maximum absolute atomic E-state index is 13.1. The van der Waals surface area contributed by atoms with Crippen LogP contribution in [0.5, 0.6) is 0 Å². The fourth-order valence-electron chi connectivity index (χ4n) is 3.23. The first-order valence-corrected chi connectivity index (χ1v) is 10.0. The van der Waals surface area contributed by atoms with E-state index in [9.17, 15) is 9.18 Å². The van der Waals surface area contributed by atoms with Crippen molar-refractivity contribution in [3.63, 3.8) is 0 Å². The van der Waals surface area contributed by atoms with E-state index in [2.05, 4.69) is 24.1 Å². The Hall–Kier alpha value is -2.12. The summed E-state index contributed by atoms with van der Waals surface area (Å²) in [5, 5.41) is 3.83. The number of hydrogen-bond donors (Lipinski definition) is 4. The van der Waals surface area contributed by atoms with Crippen molar-refractivity contribution in [3.8, 4) is 11.1 Å².